The summed E-state index contributed by atoms with van der Waals surface area (Å²) in [6, 6.07) is 6.92. The van der Waals surface area contributed by atoms with E-state index in [1.165, 1.54) is 6.92 Å². The Morgan fingerprint density at radius 3 is 2.65 bits per heavy atom. The minimum Gasteiger partial charge on any atom is -0.326 e. The van der Waals surface area contributed by atoms with Gasteiger partial charge in [-0.3, -0.25) is 9.59 Å². The molecule has 0 bridgehead atoms. The number of rotatable bonds is 8. The van der Waals surface area contributed by atoms with Gasteiger partial charge in [0.25, 0.3) is 0 Å². The molecule has 6 heteroatoms. The molecule has 0 saturated heterocycles. The monoisotopic (exact) mass is 331 g/mol. The van der Waals surface area contributed by atoms with Gasteiger partial charge in [-0.15, -0.1) is 0 Å². The average molecular weight is 331 g/mol. The molecule has 0 saturated carbocycles. The highest BCUT2D eigenvalue weighted by Gasteiger charge is 2.07. The van der Waals surface area contributed by atoms with Crippen LogP contribution in [0.5, 0.6) is 0 Å². The summed E-state index contributed by atoms with van der Waals surface area (Å²) < 4.78 is 2.10. The van der Waals surface area contributed by atoms with Crippen LogP contribution in [-0.4, -0.2) is 27.0 Å². The molecule has 0 atom stereocenters. The molecule has 0 fully saturated rings. The van der Waals surface area contributed by atoms with E-state index in [2.05, 4.69) is 21.8 Å². The van der Waals surface area contributed by atoms with Crippen molar-refractivity contribution in [1.29, 1.82) is 0 Å². The van der Waals surface area contributed by atoms with Crippen molar-refractivity contribution in [2.24, 2.45) is 0 Å². The average Bonchev–Trinajstić information content (AvgIpc) is 2.95. The maximum absolute atomic E-state index is 12.0. The van der Waals surface area contributed by atoms with Gasteiger partial charge >= 0.3 is 0 Å². The van der Waals surface area contributed by atoms with E-state index >= 15 is 0 Å². The van der Waals surface area contributed by atoms with E-state index < -0.39 is 0 Å². The molecular weight excluding hydrogens is 310 g/mol. The summed E-state index contributed by atoms with van der Waals surface area (Å²) in [5.41, 5.74) is 1.35. The number of nitrogens with one attached hydrogen (secondary N) is 1. The van der Waals surface area contributed by atoms with Gasteiger partial charge in [0.1, 0.15) is 0 Å². The molecule has 0 aliphatic carbocycles. The standard InChI is InChI=1S/C17H21N3O2S/c1-3-10-20-11-9-18-17(20)23-12-8-16(22)19-15-6-4-14(5-7-15)13(2)21/h4-7,9,11H,3,8,10,12H2,1-2H3,(H,19,22). The van der Waals surface area contributed by atoms with Gasteiger partial charge in [-0.05, 0) is 37.6 Å². The number of benzene rings is 1. The molecule has 1 amide bonds. The molecule has 1 aromatic heterocycles. The normalized spacial score (nSPS) is 10.5. The summed E-state index contributed by atoms with van der Waals surface area (Å²) in [5, 5.41) is 3.79. The van der Waals surface area contributed by atoms with E-state index in [1.807, 2.05) is 6.20 Å². The largest absolute Gasteiger partial charge is 0.326 e. The zero-order chi connectivity index (χ0) is 16.7. The third-order valence-electron chi connectivity index (χ3n) is 3.28. The Morgan fingerprint density at radius 2 is 2.00 bits per heavy atom. The first-order valence-electron chi connectivity index (χ1n) is 7.65. The number of ketones is 1. The number of hydrogen-bond donors (Lipinski definition) is 1. The fraction of sp³-hybridized carbons (Fsp3) is 0.353. The van der Waals surface area contributed by atoms with Crippen LogP contribution in [0.2, 0.25) is 0 Å². The highest BCUT2D eigenvalue weighted by molar-refractivity contribution is 7.99. The van der Waals surface area contributed by atoms with Crippen molar-refractivity contribution in [3.8, 4) is 0 Å². The Kier molecular flexibility index (Phi) is 6.40. The molecule has 1 heterocycles. The molecule has 1 aromatic carbocycles. The van der Waals surface area contributed by atoms with Crippen molar-refractivity contribution in [3.05, 3.63) is 42.2 Å². The Balaban J connectivity index is 1.78. The number of carbonyl (C=O) groups excluding carboxylic acids is 2. The van der Waals surface area contributed by atoms with Crippen LogP contribution in [0.3, 0.4) is 0 Å². The van der Waals surface area contributed by atoms with Crippen molar-refractivity contribution in [1.82, 2.24) is 9.55 Å². The van der Waals surface area contributed by atoms with Crippen molar-refractivity contribution in [2.45, 2.75) is 38.4 Å². The lowest BCUT2D eigenvalue weighted by Gasteiger charge is -2.07. The van der Waals surface area contributed by atoms with Gasteiger partial charge in [0, 0.05) is 42.4 Å². The molecule has 0 aliphatic heterocycles. The first kappa shape index (κ1) is 17.3. The van der Waals surface area contributed by atoms with Crippen LogP contribution in [-0.2, 0) is 11.3 Å². The zero-order valence-corrected chi connectivity index (χ0v) is 14.2. The summed E-state index contributed by atoms with van der Waals surface area (Å²) in [6.45, 7) is 4.59. The van der Waals surface area contributed by atoms with Crippen molar-refractivity contribution in [3.63, 3.8) is 0 Å². The number of anilines is 1. The molecule has 2 rings (SSSR count). The van der Waals surface area contributed by atoms with Gasteiger partial charge in [-0.25, -0.2) is 4.98 Å². The highest BCUT2D eigenvalue weighted by Crippen LogP contribution is 2.17. The second kappa shape index (κ2) is 8.53. The van der Waals surface area contributed by atoms with Crippen molar-refractivity contribution in [2.75, 3.05) is 11.1 Å². The molecule has 5 nitrogen and oxygen atoms in total. The Hall–Kier alpha value is -2.08. The molecule has 2 aromatic rings. The van der Waals surface area contributed by atoms with E-state index in [0.717, 1.165) is 18.1 Å². The van der Waals surface area contributed by atoms with E-state index in [4.69, 9.17) is 0 Å². The topological polar surface area (TPSA) is 64.0 Å². The number of carbonyl (C=O) groups is 2. The second-order valence-electron chi connectivity index (χ2n) is 5.18. The third kappa shape index (κ3) is 5.25. The van der Waals surface area contributed by atoms with Crippen LogP contribution in [0.4, 0.5) is 5.69 Å². The van der Waals surface area contributed by atoms with E-state index in [1.54, 1.807) is 42.2 Å². The van der Waals surface area contributed by atoms with Gasteiger partial charge in [-0.2, -0.15) is 0 Å². The summed E-state index contributed by atoms with van der Waals surface area (Å²) in [7, 11) is 0. The smallest absolute Gasteiger partial charge is 0.225 e. The van der Waals surface area contributed by atoms with E-state index in [0.29, 0.717) is 23.4 Å². The number of Topliss-reactive ketones (excluding diaryl/α,β-unsaturated/α-hetero) is 1. The molecular formula is C17H21N3O2S. The number of hydrogen-bond acceptors (Lipinski definition) is 4. The van der Waals surface area contributed by atoms with Gasteiger partial charge in [0.15, 0.2) is 10.9 Å². The molecule has 0 unspecified atom stereocenters. The van der Waals surface area contributed by atoms with Crippen LogP contribution < -0.4 is 5.32 Å². The lowest BCUT2D eigenvalue weighted by Crippen LogP contribution is -2.12. The fourth-order valence-corrected chi connectivity index (χ4v) is 3.02. The third-order valence-corrected chi connectivity index (χ3v) is 4.28. The van der Waals surface area contributed by atoms with Crippen molar-refractivity contribution >= 4 is 29.1 Å². The summed E-state index contributed by atoms with van der Waals surface area (Å²) in [6.07, 6.45) is 5.22. The van der Waals surface area contributed by atoms with Gasteiger partial charge in [-0.1, -0.05) is 18.7 Å². The highest BCUT2D eigenvalue weighted by atomic mass is 32.2. The molecule has 1 N–H and O–H groups in total. The number of amides is 1. The van der Waals surface area contributed by atoms with E-state index in [9.17, 15) is 9.59 Å². The Bertz CT molecular complexity index is 665. The van der Waals surface area contributed by atoms with Crippen LogP contribution in [0.15, 0.2) is 41.8 Å². The van der Waals surface area contributed by atoms with Crippen LogP contribution >= 0.6 is 11.8 Å². The molecule has 122 valence electrons. The van der Waals surface area contributed by atoms with Gasteiger partial charge < -0.3 is 9.88 Å². The number of imidazole rings is 1. The quantitative estimate of drug-likeness (QED) is 0.593. The maximum Gasteiger partial charge on any atom is 0.225 e. The number of aryl methyl sites for hydroxylation is 1. The Labute approximate surface area is 140 Å². The predicted octanol–water partition coefficient (Wildman–Crippen LogP) is 3.62. The zero-order valence-electron chi connectivity index (χ0n) is 13.4. The lowest BCUT2D eigenvalue weighted by molar-refractivity contribution is -0.115. The van der Waals surface area contributed by atoms with Crippen LogP contribution in [0.25, 0.3) is 0 Å². The minimum absolute atomic E-state index is 0.0156. The predicted molar refractivity (Wildman–Crippen MR) is 92.9 cm³/mol. The second-order valence-corrected chi connectivity index (χ2v) is 6.25. The molecule has 0 aliphatic rings. The van der Waals surface area contributed by atoms with E-state index in [-0.39, 0.29) is 11.7 Å². The Morgan fingerprint density at radius 1 is 1.26 bits per heavy atom. The number of nitrogens with zero attached hydrogens (tertiary/aromatic N) is 2. The first-order valence-corrected chi connectivity index (χ1v) is 8.63. The molecule has 0 spiro atoms. The first-order chi connectivity index (χ1) is 11.1. The van der Waals surface area contributed by atoms with Crippen LogP contribution in [0, 0.1) is 0 Å². The number of aromatic nitrogens is 2. The summed E-state index contributed by atoms with van der Waals surface area (Å²) in [5.74, 6) is 0.654. The maximum atomic E-state index is 12.0. The summed E-state index contributed by atoms with van der Waals surface area (Å²) in [4.78, 5) is 27.5. The fourth-order valence-electron chi connectivity index (χ4n) is 2.09. The minimum atomic E-state index is -0.0401. The molecule has 0 radical (unpaired) electrons. The van der Waals surface area contributed by atoms with Gasteiger partial charge in [0.2, 0.25) is 5.91 Å². The van der Waals surface area contributed by atoms with Crippen LogP contribution in [0.1, 0.15) is 37.0 Å². The lowest BCUT2D eigenvalue weighted by atomic mass is 10.1. The molecule has 23 heavy (non-hydrogen) atoms. The number of thioether (sulfide) groups is 1. The SMILES string of the molecule is CCCn1ccnc1SCCC(=O)Nc1ccc(C(C)=O)cc1. The summed E-state index contributed by atoms with van der Waals surface area (Å²) >= 11 is 1.59. The van der Waals surface area contributed by atoms with Crippen molar-refractivity contribution < 1.29 is 9.59 Å². The van der Waals surface area contributed by atoms with Gasteiger partial charge in [0.05, 0.1) is 0 Å².